The predicted molar refractivity (Wildman–Crippen MR) is 108 cm³/mol. The molecule has 2 aliphatic heterocycles. The summed E-state index contributed by atoms with van der Waals surface area (Å²) < 4.78 is 7.80. The number of carbonyl (C=O) groups excluding carboxylic acids is 1. The van der Waals surface area contributed by atoms with E-state index in [1.165, 1.54) is 30.5 Å². The van der Waals surface area contributed by atoms with Crippen LogP contribution < -0.4 is 4.90 Å². The fourth-order valence-electron chi connectivity index (χ4n) is 4.58. The fraction of sp³-hybridized carbons (Fsp3) is 0.714. The number of fused-ring (bicyclic) bond motifs is 1. The van der Waals surface area contributed by atoms with Crippen LogP contribution in [0.3, 0.4) is 0 Å². The minimum atomic E-state index is 0.0565. The largest absolute Gasteiger partial charge is 0.342 e. The summed E-state index contributed by atoms with van der Waals surface area (Å²) in [5.74, 6) is 1.35. The van der Waals surface area contributed by atoms with E-state index in [9.17, 15) is 4.79 Å². The molecule has 29 heavy (non-hydrogen) atoms. The van der Waals surface area contributed by atoms with E-state index in [2.05, 4.69) is 20.9 Å². The van der Waals surface area contributed by atoms with Gasteiger partial charge in [-0.25, -0.2) is 0 Å². The number of aromatic nitrogens is 4. The average molecular weight is 399 g/mol. The van der Waals surface area contributed by atoms with Gasteiger partial charge in [-0.2, -0.15) is 10.1 Å². The smallest absolute Gasteiger partial charge is 0.324 e. The molecule has 0 radical (unpaired) electrons. The van der Waals surface area contributed by atoms with Crippen LogP contribution in [0.2, 0.25) is 0 Å². The molecule has 1 aliphatic carbocycles. The van der Waals surface area contributed by atoms with Gasteiger partial charge in [0.25, 0.3) is 0 Å². The number of likely N-dealkylation sites (tertiary alicyclic amines) is 1. The van der Waals surface area contributed by atoms with Crippen molar-refractivity contribution in [2.75, 3.05) is 24.5 Å². The molecule has 3 aliphatic rings. The van der Waals surface area contributed by atoms with Crippen molar-refractivity contribution in [2.24, 2.45) is 5.92 Å². The first-order chi connectivity index (χ1) is 14.1. The minimum absolute atomic E-state index is 0.0565. The SMILES string of the molecule is CC(C)C(=O)N1CCC(c2noc(N3CCc4nn(C5CCC5)cc4C3)n2)CC1. The summed E-state index contributed by atoms with van der Waals surface area (Å²) in [7, 11) is 0. The van der Waals surface area contributed by atoms with Gasteiger partial charge in [-0.1, -0.05) is 19.0 Å². The Bertz CT molecular complexity index is 876. The molecule has 0 bridgehead atoms. The summed E-state index contributed by atoms with van der Waals surface area (Å²) in [4.78, 5) is 21.0. The summed E-state index contributed by atoms with van der Waals surface area (Å²) in [6.07, 6.45) is 8.74. The molecule has 8 nitrogen and oxygen atoms in total. The van der Waals surface area contributed by atoms with Gasteiger partial charge in [-0.05, 0) is 32.1 Å². The molecule has 1 saturated heterocycles. The zero-order valence-corrected chi connectivity index (χ0v) is 17.4. The molecule has 1 saturated carbocycles. The van der Waals surface area contributed by atoms with Crippen molar-refractivity contribution in [3.05, 3.63) is 23.3 Å². The van der Waals surface area contributed by atoms with Gasteiger partial charge in [0.2, 0.25) is 5.91 Å². The molecular weight excluding hydrogens is 368 g/mol. The summed E-state index contributed by atoms with van der Waals surface area (Å²) in [6, 6.07) is 1.21. The second-order valence-corrected chi connectivity index (χ2v) is 9.03. The summed E-state index contributed by atoms with van der Waals surface area (Å²) >= 11 is 0. The second kappa shape index (κ2) is 7.46. The van der Waals surface area contributed by atoms with Crippen molar-refractivity contribution in [1.29, 1.82) is 0 Å². The molecule has 0 aromatic carbocycles. The lowest BCUT2D eigenvalue weighted by molar-refractivity contribution is -0.135. The highest BCUT2D eigenvalue weighted by atomic mass is 16.5. The number of anilines is 1. The van der Waals surface area contributed by atoms with E-state index in [4.69, 9.17) is 14.6 Å². The number of hydrogen-bond donors (Lipinski definition) is 0. The van der Waals surface area contributed by atoms with E-state index < -0.39 is 0 Å². The molecule has 2 aromatic rings. The fourth-order valence-corrected chi connectivity index (χ4v) is 4.58. The molecule has 0 atom stereocenters. The minimum Gasteiger partial charge on any atom is -0.342 e. The Hall–Kier alpha value is -2.38. The van der Waals surface area contributed by atoms with Crippen molar-refractivity contribution in [3.8, 4) is 0 Å². The lowest BCUT2D eigenvalue weighted by Gasteiger charge is -2.31. The molecule has 2 aromatic heterocycles. The van der Waals surface area contributed by atoms with E-state index >= 15 is 0 Å². The van der Waals surface area contributed by atoms with E-state index in [1.807, 2.05) is 18.7 Å². The molecule has 1 amide bonds. The first-order valence-electron chi connectivity index (χ1n) is 11.0. The Morgan fingerprint density at radius 3 is 2.66 bits per heavy atom. The topological polar surface area (TPSA) is 80.3 Å². The van der Waals surface area contributed by atoms with Crippen LogP contribution in [0.1, 0.15) is 75.0 Å². The Morgan fingerprint density at radius 1 is 1.17 bits per heavy atom. The average Bonchev–Trinajstić information content (AvgIpc) is 3.32. The molecule has 0 spiro atoms. The lowest BCUT2D eigenvalue weighted by Crippen LogP contribution is -2.40. The third kappa shape index (κ3) is 3.53. The van der Waals surface area contributed by atoms with Crippen molar-refractivity contribution in [3.63, 3.8) is 0 Å². The normalized spacial score (nSPS) is 20.8. The van der Waals surface area contributed by atoms with Crippen LogP contribution >= 0.6 is 0 Å². The highest BCUT2D eigenvalue weighted by molar-refractivity contribution is 5.78. The summed E-state index contributed by atoms with van der Waals surface area (Å²) in [5, 5.41) is 9.08. The van der Waals surface area contributed by atoms with Crippen LogP contribution in [0.15, 0.2) is 10.7 Å². The van der Waals surface area contributed by atoms with Gasteiger partial charge in [0.1, 0.15) is 0 Å². The first kappa shape index (κ1) is 18.6. The molecule has 0 N–H and O–H groups in total. The highest BCUT2D eigenvalue weighted by Gasteiger charge is 2.30. The highest BCUT2D eigenvalue weighted by Crippen LogP contribution is 2.33. The molecule has 0 unspecified atom stereocenters. The Labute approximate surface area is 171 Å². The second-order valence-electron chi connectivity index (χ2n) is 9.03. The zero-order valence-electron chi connectivity index (χ0n) is 17.4. The maximum atomic E-state index is 12.2. The van der Waals surface area contributed by atoms with Crippen LogP contribution in [0.5, 0.6) is 0 Å². The standard InChI is InChI=1S/C21H30N6O2/c1-14(2)20(28)25-9-6-15(7-10-25)19-22-21(29-24-19)26-11-8-18-16(12-26)13-27(23-18)17-4-3-5-17/h13-15,17H,3-12H2,1-2H3. The Balaban J connectivity index is 1.22. The van der Waals surface area contributed by atoms with Gasteiger partial charge in [0.05, 0.1) is 18.3 Å². The van der Waals surface area contributed by atoms with E-state index in [1.54, 1.807) is 0 Å². The van der Waals surface area contributed by atoms with Crippen molar-refractivity contribution in [1.82, 2.24) is 24.8 Å². The number of rotatable bonds is 4. The Kier molecular flexibility index (Phi) is 4.80. The maximum Gasteiger partial charge on any atom is 0.324 e. The monoisotopic (exact) mass is 398 g/mol. The van der Waals surface area contributed by atoms with E-state index in [0.717, 1.165) is 51.3 Å². The van der Waals surface area contributed by atoms with Crippen LogP contribution in [-0.4, -0.2) is 50.4 Å². The third-order valence-corrected chi connectivity index (χ3v) is 6.69. The van der Waals surface area contributed by atoms with Crippen LogP contribution in [0.4, 0.5) is 6.01 Å². The van der Waals surface area contributed by atoms with Gasteiger partial charge >= 0.3 is 6.01 Å². The molecule has 156 valence electrons. The van der Waals surface area contributed by atoms with Crippen LogP contribution in [0, 0.1) is 5.92 Å². The molecule has 8 heteroatoms. The Morgan fingerprint density at radius 2 is 1.97 bits per heavy atom. The van der Waals surface area contributed by atoms with E-state index in [0.29, 0.717) is 12.1 Å². The molecule has 2 fully saturated rings. The molecular formula is C21H30N6O2. The van der Waals surface area contributed by atoms with Gasteiger partial charge in [0.15, 0.2) is 5.82 Å². The van der Waals surface area contributed by atoms with Crippen molar-refractivity contribution < 1.29 is 9.32 Å². The number of piperidine rings is 1. The number of carbonyl (C=O) groups is 1. The number of hydrogen-bond acceptors (Lipinski definition) is 6. The first-order valence-corrected chi connectivity index (χ1v) is 11.0. The lowest BCUT2D eigenvalue weighted by atomic mass is 9.93. The quantitative estimate of drug-likeness (QED) is 0.788. The predicted octanol–water partition coefficient (Wildman–Crippen LogP) is 2.92. The number of nitrogens with zero attached hydrogens (tertiary/aromatic N) is 6. The molecule has 5 rings (SSSR count). The summed E-state index contributed by atoms with van der Waals surface area (Å²) in [5.41, 5.74) is 2.50. The van der Waals surface area contributed by atoms with Gasteiger partial charge in [-0.3, -0.25) is 9.48 Å². The van der Waals surface area contributed by atoms with Crippen LogP contribution in [0.25, 0.3) is 0 Å². The van der Waals surface area contributed by atoms with E-state index in [-0.39, 0.29) is 17.7 Å². The van der Waals surface area contributed by atoms with Gasteiger partial charge in [-0.15, -0.1) is 0 Å². The van der Waals surface area contributed by atoms with Crippen LogP contribution in [-0.2, 0) is 17.8 Å². The van der Waals surface area contributed by atoms with Gasteiger partial charge in [0, 0.05) is 49.7 Å². The molecule has 4 heterocycles. The maximum absolute atomic E-state index is 12.2. The number of amides is 1. The third-order valence-electron chi connectivity index (χ3n) is 6.69. The zero-order chi connectivity index (χ0) is 20.0. The van der Waals surface area contributed by atoms with Gasteiger partial charge < -0.3 is 14.3 Å². The van der Waals surface area contributed by atoms with Crippen molar-refractivity contribution in [2.45, 2.75) is 70.9 Å². The van der Waals surface area contributed by atoms with Crippen molar-refractivity contribution >= 4 is 11.9 Å². The summed E-state index contributed by atoms with van der Waals surface area (Å²) in [6.45, 7) is 7.11.